The molecule has 0 aliphatic carbocycles. The van der Waals surface area contributed by atoms with Gasteiger partial charge in [0, 0.05) is 6.92 Å². The molecule has 0 saturated carbocycles. The summed E-state index contributed by atoms with van der Waals surface area (Å²) in [6, 6.07) is 0. The molecule has 0 aliphatic rings. The minimum absolute atomic E-state index is 0.296. The molecule has 0 atom stereocenters. The van der Waals surface area contributed by atoms with Gasteiger partial charge in [0.05, 0.1) is 6.61 Å². The van der Waals surface area contributed by atoms with E-state index in [1.165, 1.54) is 0 Å². The summed E-state index contributed by atoms with van der Waals surface area (Å²) in [6.45, 7) is 3.05. The number of carboxylic acids is 1. The number of carbonyl (C=O) groups excluding carboxylic acids is 1. The first kappa shape index (κ1) is 12.9. The van der Waals surface area contributed by atoms with Crippen LogP contribution in [0.3, 0.4) is 0 Å². The smallest absolute Gasteiger partial charge is 0.413 e. The lowest BCUT2D eigenvalue weighted by Gasteiger charge is -1.86. The summed E-state index contributed by atoms with van der Waals surface area (Å²) in [6.07, 6.45) is 0.698. The lowest BCUT2D eigenvalue weighted by Crippen LogP contribution is -2.04. The van der Waals surface area contributed by atoms with Gasteiger partial charge in [0.15, 0.2) is 0 Å². The van der Waals surface area contributed by atoms with E-state index in [0.717, 1.165) is 6.92 Å². The Labute approximate surface area is 69.4 Å². The van der Waals surface area contributed by atoms with Crippen LogP contribution in [0.15, 0.2) is 0 Å². The van der Waals surface area contributed by atoms with Crippen LogP contribution >= 0.6 is 0 Å². The summed E-state index contributed by atoms with van der Waals surface area (Å²) >= 11 is 0. The Morgan fingerprint density at radius 1 is 1.67 bits per heavy atom. The molecule has 0 saturated heterocycles. The molecule has 0 aromatic heterocycles. The van der Waals surface area contributed by atoms with Gasteiger partial charge in [-0.1, -0.05) is 0 Å². The van der Waals surface area contributed by atoms with Crippen molar-refractivity contribution < 1.29 is 24.2 Å². The summed E-state index contributed by atoms with van der Waals surface area (Å²) < 4.78 is 4.33. The molecular weight excluding hydrogens is 164 g/mol. The second-order valence-electron chi connectivity index (χ2n) is 1.52. The number of aliphatic carboxylic acids is 1. The van der Waals surface area contributed by atoms with Gasteiger partial charge in [0.2, 0.25) is 0 Å². The maximum Gasteiger partial charge on any atom is 0.413 e. The number of hydrogen-bond donors (Lipinski definition) is 1. The van der Waals surface area contributed by atoms with Crippen LogP contribution in [0.5, 0.6) is 0 Å². The van der Waals surface area contributed by atoms with Crippen molar-refractivity contribution in [1.82, 2.24) is 0 Å². The molecule has 6 heteroatoms. The Kier molecular flexibility index (Phi) is 10.1. The van der Waals surface area contributed by atoms with Crippen molar-refractivity contribution in [2.24, 2.45) is 0 Å². The molecule has 0 fully saturated rings. The first-order valence-electron chi connectivity index (χ1n) is 3.08. The van der Waals surface area contributed by atoms with Crippen LogP contribution in [-0.4, -0.2) is 34.7 Å². The molecule has 0 rings (SSSR count). The third-order valence-electron chi connectivity index (χ3n) is 0.450. The Balaban J connectivity index is 0. The summed E-state index contributed by atoms with van der Waals surface area (Å²) in [4.78, 5) is 21.6. The largest absolute Gasteiger partial charge is 0.481 e. The van der Waals surface area contributed by atoms with Gasteiger partial charge in [-0.15, -0.1) is 0 Å². The van der Waals surface area contributed by atoms with Crippen molar-refractivity contribution in [2.75, 3.05) is 6.61 Å². The van der Waals surface area contributed by atoms with Gasteiger partial charge >= 0.3 is 12.2 Å². The quantitative estimate of drug-likeness (QED) is 0.274. The van der Waals surface area contributed by atoms with Crippen LogP contribution in [0, 0.1) is 0 Å². The number of ether oxygens (including phenoxy) is 1. The Morgan fingerprint density at radius 2 is 2.08 bits per heavy atom. The Hall–Kier alpha value is -1.68. The zero-order valence-corrected chi connectivity index (χ0v) is 6.85. The van der Waals surface area contributed by atoms with Crippen molar-refractivity contribution in [3.8, 4) is 0 Å². The first-order chi connectivity index (χ1) is 5.54. The average molecular weight is 174 g/mol. The van der Waals surface area contributed by atoms with Crippen molar-refractivity contribution >= 4 is 18.2 Å². The summed E-state index contributed by atoms with van der Waals surface area (Å²) in [5.74, 6) is -1.46. The standard InChI is InChI=1S/C4H6N2O2.C2H4O2/c1-2-8-4(7)3-6-5;1-2(3)4/h3H,2H2,1H3;1H3,(H,3,4). The fourth-order valence-electron chi connectivity index (χ4n) is 0.227. The highest BCUT2D eigenvalue weighted by Crippen LogP contribution is 1.68. The highest BCUT2D eigenvalue weighted by atomic mass is 16.5. The van der Waals surface area contributed by atoms with Crippen molar-refractivity contribution in [3.63, 3.8) is 0 Å². The highest BCUT2D eigenvalue weighted by Gasteiger charge is 1.97. The predicted molar refractivity (Wildman–Crippen MR) is 39.6 cm³/mol. The van der Waals surface area contributed by atoms with E-state index in [9.17, 15) is 4.79 Å². The lowest BCUT2D eigenvalue weighted by atomic mass is 10.7. The third-order valence-corrected chi connectivity index (χ3v) is 0.450. The van der Waals surface area contributed by atoms with Crippen molar-refractivity contribution in [1.29, 1.82) is 0 Å². The maximum absolute atomic E-state index is 10.1. The molecular formula is C6H10N2O4. The molecule has 6 nitrogen and oxygen atoms in total. The normalized spacial score (nSPS) is 6.83. The molecule has 0 unspecified atom stereocenters. The van der Waals surface area contributed by atoms with Gasteiger partial charge in [-0.2, -0.15) is 4.79 Å². The van der Waals surface area contributed by atoms with Crippen LogP contribution in [-0.2, 0) is 14.3 Å². The zero-order chi connectivity index (χ0) is 9.98. The van der Waals surface area contributed by atoms with E-state index in [1.807, 2.05) is 0 Å². The predicted octanol–water partition coefficient (Wildman–Crippen LogP) is -0.0590. The monoisotopic (exact) mass is 174 g/mol. The molecule has 0 spiro atoms. The van der Waals surface area contributed by atoms with Crippen LogP contribution in [0.25, 0.3) is 5.53 Å². The maximum atomic E-state index is 10.1. The van der Waals surface area contributed by atoms with Crippen LogP contribution < -0.4 is 0 Å². The average Bonchev–Trinajstić information content (AvgIpc) is 1.87. The first-order valence-corrected chi connectivity index (χ1v) is 3.08. The molecule has 0 heterocycles. The fourth-order valence-corrected chi connectivity index (χ4v) is 0.227. The number of carboxylic acid groups (broad SMARTS) is 1. The van der Waals surface area contributed by atoms with Gasteiger partial charge in [0.25, 0.3) is 5.97 Å². The minimum Gasteiger partial charge on any atom is -0.481 e. The molecule has 0 aromatic carbocycles. The molecule has 68 valence electrons. The molecule has 0 bridgehead atoms. The van der Waals surface area contributed by atoms with Crippen LogP contribution in [0.2, 0.25) is 0 Å². The number of carbonyl (C=O) groups is 2. The second kappa shape index (κ2) is 9.32. The van der Waals surface area contributed by atoms with Gasteiger partial charge in [-0.05, 0) is 6.92 Å². The van der Waals surface area contributed by atoms with E-state index in [1.54, 1.807) is 6.92 Å². The molecule has 12 heavy (non-hydrogen) atoms. The summed E-state index contributed by atoms with van der Waals surface area (Å²) in [5.41, 5.74) is 7.73. The number of nitrogens with zero attached hydrogens (tertiary/aromatic N) is 2. The fraction of sp³-hybridized carbons (Fsp3) is 0.500. The van der Waals surface area contributed by atoms with Crippen molar-refractivity contribution in [2.45, 2.75) is 13.8 Å². The molecule has 0 aromatic rings. The molecule has 1 N–H and O–H groups in total. The van der Waals surface area contributed by atoms with Crippen LogP contribution in [0.4, 0.5) is 0 Å². The summed E-state index contributed by atoms with van der Waals surface area (Å²) in [5, 5.41) is 7.42. The summed E-state index contributed by atoms with van der Waals surface area (Å²) in [7, 11) is 0. The number of esters is 1. The van der Waals surface area contributed by atoms with Gasteiger partial charge in [-0.3, -0.25) is 4.79 Å². The van der Waals surface area contributed by atoms with Crippen LogP contribution in [0.1, 0.15) is 13.8 Å². The third kappa shape index (κ3) is 23.9. The van der Waals surface area contributed by atoms with E-state index in [-0.39, 0.29) is 0 Å². The zero-order valence-electron chi connectivity index (χ0n) is 6.85. The van der Waals surface area contributed by atoms with E-state index in [4.69, 9.17) is 15.4 Å². The lowest BCUT2D eigenvalue weighted by molar-refractivity contribution is -0.138. The van der Waals surface area contributed by atoms with E-state index in [2.05, 4.69) is 9.53 Å². The van der Waals surface area contributed by atoms with Gasteiger partial charge in [-0.25, -0.2) is 4.79 Å². The molecule has 0 radical (unpaired) electrons. The number of hydrogen-bond acceptors (Lipinski definition) is 3. The van der Waals surface area contributed by atoms with Gasteiger partial charge < -0.3 is 15.4 Å². The van der Waals surface area contributed by atoms with Gasteiger partial charge in [0.1, 0.15) is 0 Å². The minimum atomic E-state index is -0.833. The van der Waals surface area contributed by atoms with E-state index in [0.29, 0.717) is 12.8 Å². The SMILES string of the molecule is CC(=O)O.CCOC(=O)C=[N+]=[N-]. The molecule has 0 aliphatic heterocycles. The van der Waals surface area contributed by atoms with E-state index >= 15 is 0 Å². The Morgan fingerprint density at radius 3 is 2.33 bits per heavy atom. The second-order valence-corrected chi connectivity index (χ2v) is 1.52. The Bertz CT molecular complexity index is 192. The number of rotatable bonds is 2. The molecule has 0 amide bonds. The van der Waals surface area contributed by atoms with Crippen molar-refractivity contribution in [3.05, 3.63) is 5.53 Å². The van der Waals surface area contributed by atoms with E-state index < -0.39 is 11.9 Å². The topological polar surface area (TPSA) is 100 Å². The highest BCUT2D eigenvalue weighted by molar-refractivity contribution is 6.20.